The summed E-state index contributed by atoms with van der Waals surface area (Å²) in [5.41, 5.74) is 4.75. The number of hydrogen-bond acceptors (Lipinski definition) is 4. The van der Waals surface area contributed by atoms with Crippen LogP contribution in [-0.4, -0.2) is 26.8 Å². The Morgan fingerprint density at radius 1 is 1.19 bits per heavy atom. The smallest absolute Gasteiger partial charge is 0.163 e. The lowest BCUT2D eigenvalue weighted by Crippen LogP contribution is -2.18. The minimum absolute atomic E-state index is 0.813. The largest absolute Gasteiger partial charge is 0.355 e. The summed E-state index contributed by atoms with van der Waals surface area (Å²) in [6, 6.07) is 6.54. The van der Waals surface area contributed by atoms with E-state index in [0.29, 0.717) is 0 Å². The van der Waals surface area contributed by atoms with Gasteiger partial charge in [-0.2, -0.15) is 5.10 Å². The van der Waals surface area contributed by atoms with Crippen LogP contribution in [0.1, 0.15) is 16.7 Å². The molecule has 0 fully saturated rings. The third kappa shape index (κ3) is 2.46. The van der Waals surface area contributed by atoms with E-state index in [9.17, 15) is 0 Å². The van der Waals surface area contributed by atoms with Gasteiger partial charge in [-0.25, -0.2) is 9.97 Å². The van der Waals surface area contributed by atoms with Crippen molar-refractivity contribution in [2.75, 3.05) is 11.9 Å². The topological polar surface area (TPSA) is 46.8 Å². The molecule has 3 rings (SSSR count). The van der Waals surface area contributed by atoms with Crippen molar-refractivity contribution in [1.29, 1.82) is 0 Å². The highest BCUT2D eigenvalue weighted by Gasteiger charge is 2.12. The molecule has 0 aliphatic rings. The molecule has 1 aromatic carbocycles. The highest BCUT2D eigenvalue weighted by atomic mass is 15.3. The van der Waals surface area contributed by atoms with Gasteiger partial charge in [0.1, 0.15) is 12.1 Å². The number of hydrogen-bond donors (Lipinski definition) is 0. The van der Waals surface area contributed by atoms with Gasteiger partial charge < -0.3 is 4.90 Å². The molecule has 2 heterocycles. The zero-order chi connectivity index (χ0) is 15.0. The maximum absolute atomic E-state index is 4.43. The summed E-state index contributed by atoms with van der Waals surface area (Å²) < 4.78 is 1.77. The van der Waals surface area contributed by atoms with Gasteiger partial charge in [0, 0.05) is 20.6 Å². The van der Waals surface area contributed by atoms with Gasteiger partial charge in [0.25, 0.3) is 0 Å². The summed E-state index contributed by atoms with van der Waals surface area (Å²) in [5.74, 6) is 0.910. The second kappa shape index (κ2) is 5.16. The maximum atomic E-state index is 4.43. The average molecular weight is 281 g/mol. The lowest BCUT2D eigenvalue weighted by Gasteiger charge is -2.20. The van der Waals surface area contributed by atoms with Crippen LogP contribution in [0.5, 0.6) is 0 Å². The Labute approximate surface area is 124 Å². The Morgan fingerprint density at radius 3 is 2.76 bits per heavy atom. The number of anilines is 1. The van der Waals surface area contributed by atoms with Crippen molar-refractivity contribution in [3.8, 4) is 0 Å². The van der Waals surface area contributed by atoms with Crippen molar-refractivity contribution in [1.82, 2.24) is 19.7 Å². The maximum Gasteiger partial charge on any atom is 0.163 e. The van der Waals surface area contributed by atoms with Gasteiger partial charge in [-0.1, -0.05) is 23.8 Å². The second-order valence-electron chi connectivity index (χ2n) is 5.49. The third-order valence-electron chi connectivity index (χ3n) is 3.78. The molecule has 5 nitrogen and oxygen atoms in total. The highest BCUT2D eigenvalue weighted by molar-refractivity contribution is 5.86. The van der Waals surface area contributed by atoms with Crippen LogP contribution in [0.2, 0.25) is 0 Å². The van der Waals surface area contributed by atoms with E-state index in [1.54, 1.807) is 11.0 Å². The van der Waals surface area contributed by atoms with E-state index in [0.717, 1.165) is 23.4 Å². The number of aromatic nitrogens is 4. The first-order chi connectivity index (χ1) is 10.1. The van der Waals surface area contributed by atoms with Crippen LogP contribution in [0.4, 0.5) is 5.82 Å². The Bertz CT molecular complexity index is 790. The molecular weight excluding hydrogens is 262 g/mol. The molecule has 0 radical (unpaired) electrons. The predicted molar refractivity (Wildman–Crippen MR) is 84.3 cm³/mol. The van der Waals surface area contributed by atoms with Crippen LogP contribution in [0.3, 0.4) is 0 Å². The van der Waals surface area contributed by atoms with Crippen molar-refractivity contribution in [3.63, 3.8) is 0 Å². The first kappa shape index (κ1) is 13.5. The summed E-state index contributed by atoms with van der Waals surface area (Å²) in [6.07, 6.45) is 3.42. The molecule has 108 valence electrons. The molecule has 0 spiro atoms. The molecule has 0 aliphatic heterocycles. The Hall–Kier alpha value is -2.43. The minimum Gasteiger partial charge on any atom is -0.355 e. The quantitative estimate of drug-likeness (QED) is 0.740. The van der Waals surface area contributed by atoms with Gasteiger partial charge in [0.2, 0.25) is 0 Å². The van der Waals surface area contributed by atoms with E-state index in [2.05, 4.69) is 52.0 Å². The van der Waals surface area contributed by atoms with Crippen LogP contribution in [0.25, 0.3) is 11.0 Å². The summed E-state index contributed by atoms with van der Waals surface area (Å²) in [6.45, 7) is 5.08. The Morgan fingerprint density at radius 2 is 2.00 bits per heavy atom. The second-order valence-corrected chi connectivity index (χ2v) is 5.49. The van der Waals surface area contributed by atoms with Crippen molar-refractivity contribution in [2.45, 2.75) is 20.4 Å². The van der Waals surface area contributed by atoms with Crippen molar-refractivity contribution in [3.05, 3.63) is 47.4 Å². The van der Waals surface area contributed by atoms with Crippen molar-refractivity contribution in [2.24, 2.45) is 7.05 Å². The van der Waals surface area contributed by atoms with Gasteiger partial charge in [0.15, 0.2) is 5.65 Å². The predicted octanol–water partition coefficient (Wildman–Crippen LogP) is 2.62. The molecule has 0 N–H and O–H groups in total. The number of benzene rings is 1. The summed E-state index contributed by atoms with van der Waals surface area (Å²) in [4.78, 5) is 10.8. The lowest BCUT2D eigenvalue weighted by atomic mass is 10.1. The first-order valence-corrected chi connectivity index (χ1v) is 6.96. The molecule has 21 heavy (non-hydrogen) atoms. The van der Waals surface area contributed by atoms with Crippen LogP contribution in [0.15, 0.2) is 30.7 Å². The lowest BCUT2D eigenvalue weighted by molar-refractivity contribution is 0.785. The SMILES string of the molecule is Cc1ccc(CN(C)c2ncnc3c2cnn3C)c(C)c1. The molecular formula is C16H19N5. The number of rotatable bonds is 3. The molecule has 0 unspecified atom stereocenters. The number of fused-ring (bicyclic) bond motifs is 1. The molecule has 5 heteroatoms. The zero-order valence-electron chi connectivity index (χ0n) is 12.8. The van der Waals surface area contributed by atoms with Gasteiger partial charge in [0.05, 0.1) is 11.6 Å². The average Bonchev–Trinajstić information content (AvgIpc) is 2.84. The van der Waals surface area contributed by atoms with Gasteiger partial charge in [-0.05, 0) is 25.0 Å². The zero-order valence-corrected chi connectivity index (χ0v) is 12.8. The van der Waals surface area contributed by atoms with Gasteiger partial charge in [-0.3, -0.25) is 4.68 Å². The normalized spacial score (nSPS) is 11.0. The summed E-state index contributed by atoms with van der Waals surface area (Å²) >= 11 is 0. The minimum atomic E-state index is 0.813. The molecule has 0 bridgehead atoms. The molecule has 2 aromatic heterocycles. The van der Waals surface area contributed by atoms with Gasteiger partial charge in [-0.15, -0.1) is 0 Å². The van der Waals surface area contributed by atoms with E-state index in [1.807, 2.05) is 20.3 Å². The number of aryl methyl sites for hydroxylation is 3. The highest BCUT2D eigenvalue weighted by Crippen LogP contribution is 2.23. The summed E-state index contributed by atoms with van der Waals surface area (Å²) in [5, 5.41) is 5.24. The van der Waals surface area contributed by atoms with E-state index < -0.39 is 0 Å². The molecule has 0 saturated heterocycles. The molecule has 0 aliphatic carbocycles. The van der Waals surface area contributed by atoms with Crippen LogP contribution < -0.4 is 4.90 Å². The molecule has 3 aromatic rings. The Kier molecular flexibility index (Phi) is 3.33. The standard InChI is InChI=1S/C16H19N5/c1-11-5-6-13(12(2)7-11)9-20(3)15-14-8-19-21(4)16(14)18-10-17-15/h5-8,10H,9H2,1-4H3. The van der Waals surface area contributed by atoms with Crippen LogP contribution in [-0.2, 0) is 13.6 Å². The van der Waals surface area contributed by atoms with E-state index in [-0.39, 0.29) is 0 Å². The monoisotopic (exact) mass is 281 g/mol. The number of nitrogens with zero attached hydrogens (tertiary/aromatic N) is 5. The fraction of sp³-hybridized carbons (Fsp3) is 0.312. The molecule has 0 atom stereocenters. The molecule has 0 saturated carbocycles. The van der Waals surface area contributed by atoms with E-state index >= 15 is 0 Å². The first-order valence-electron chi connectivity index (χ1n) is 6.96. The van der Waals surface area contributed by atoms with E-state index in [4.69, 9.17) is 0 Å². The van der Waals surface area contributed by atoms with Crippen molar-refractivity contribution < 1.29 is 0 Å². The van der Waals surface area contributed by atoms with Gasteiger partial charge >= 0.3 is 0 Å². The third-order valence-corrected chi connectivity index (χ3v) is 3.78. The Balaban J connectivity index is 1.95. The van der Waals surface area contributed by atoms with Crippen LogP contribution >= 0.6 is 0 Å². The van der Waals surface area contributed by atoms with Crippen molar-refractivity contribution >= 4 is 16.9 Å². The fourth-order valence-electron chi connectivity index (χ4n) is 2.61. The fourth-order valence-corrected chi connectivity index (χ4v) is 2.61. The summed E-state index contributed by atoms with van der Waals surface area (Å²) in [7, 11) is 3.94. The van der Waals surface area contributed by atoms with Crippen LogP contribution in [0, 0.1) is 13.8 Å². The van der Waals surface area contributed by atoms with E-state index in [1.165, 1.54) is 16.7 Å². The molecule has 0 amide bonds.